The maximum atomic E-state index is 13.9. The lowest BCUT2D eigenvalue weighted by molar-refractivity contribution is -0.148. The van der Waals surface area contributed by atoms with E-state index in [2.05, 4.69) is 6.07 Å². The minimum atomic E-state index is -0.556. The van der Waals surface area contributed by atoms with Gasteiger partial charge in [-0.2, -0.15) is 5.26 Å². The van der Waals surface area contributed by atoms with Gasteiger partial charge in [-0.05, 0) is 30.0 Å². The van der Waals surface area contributed by atoms with Crippen molar-refractivity contribution < 1.29 is 14.3 Å². The maximum absolute atomic E-state index is 13.9. The van der Waals surface area contributed by atoms with Gasteiger partial charge in [0, 0.05) is 17.4 Å². The highest BCUT2D eigenvalue weighted by Crippen LogP contribution is 2.44. The molecule has 4 rings (SSSR count). The largest absolute Gasteiger partial charge is 0.394 e. The number of carbonyl (C=O) groups is 1. The van der Waals surface area contributed by atoms with E-state index in [1.807, 2.05) is 24.3 Å². The highest BCUT2D eigenvalue weighted by Gasteiger charge is 2.53. The topological polar surface area (TPSA) is 64.3 Å². The monoisotopic (exact) mass is 350 g/mol. The molecule has 1 aliphatic carbocycles. The van der Waals surface area contributed by atoms with Gasteiger partial charge in [-0.1, -0.05) is 42.5 Å². The van der Waals surface area contributed by atoms with Crippen molar-refractivity contribution in [2.45, 2.75) is 30.8 Å². The second kappa shape index (κ2) is 6.54. The van der Waals surface area contributed by atoms with Crippen LogP contribution >= 0.6 is 0 Å². The smallest absolute Gasteiger partial charge is 0.227 e. The number of rotatable bonds is 4. The van der Waals surface area contributed by atoms with Crippen LogP contribution in [0.3, 0.4) is 0 Å². The Morgan fingerprint density at radius 3 is 2.46 bits per heavy atom. The average Bonchev–Trinajstić information content (AvgIpc) is 3.48. The number of aliphatic hydroxyl groups excluding tert-OH is 1. The normalized spacial score (nSPS) is 24.7. The molecule has 0 spiro atoms. The van der Waals surface area contributed by atoms with Crippen LogP contribution in [0.4, 0.5) is 4.39 Å². The Labute approximate surface area is 151 Å². The Balaban J connectivity index is 1.60. The molecule has 26 heavy (non-hydrogen) atoms. The zero-order valence-electron chi connectivity index (χ0n) is 14.2. The van der Waals surface area contributed by atoms with Crippen molar-refractivity contribution in [2.75, 3.05) is 6.61 Å². The van der Waals surface area contributed by atoms with Gasteiger partial charge in [0.15, 0.2) is 0 Å². The Kier molecular flexibility index (Phi) is 4.21. The fourth-order valence-electron chi connectivity index (χ4n) is 3.83. The highest BCUT2D eigenvalue weighted by atomic mass is 19.1. The van der Waals surface area contributed by atoms with Gasteiger partial charge < -0.3 is 10.0 Å². The van der Waals surface area contributed by atoms with Crippen LogP contribution in [0, 0.1) is 23.1 Å². The van der Waals surface area contributed by atoms with E-state index in [4.69, 9.17) is 0 Å². The molecule has 1 saturated heterocycles. The number of likely N-dealkylation sites (tertiary alicyclic amines) is 1. The van der Waals surface area contributed by atoms with E-state index in [1.165, 1.54) is 6.07 Å². The standard InChI is InChI=1S/C21H19FN2O2/c22-17-4-2-1-3-16(17)13-5-7-14(8-6-13)20-18(11-23)24(19(20)12-25)21(26)15-9-10-15/h1-8,15,18-20,25H,9-10,12H2/t18-,19-,20+/m1/s1. The lowest BCUT2D eigenvalue weighted by atomic mass is 9.75. The number of hydrogen-bond acceptors (Lipinski definition) is 3. The third-order valence-corrected chi connectivity index (χ3v) is 5.39. The number of benzene rings is 2. The first kappa shape index (κ1) is 16.7. The van der Waals surface area contributed by atoms with Crippen LogP contribution in [0.1, 0.15) is 24.3 Å². The van der Waals surface area contributed by atoms with E-state index >= 15 is 0 Å². The van der Waals surface area contributed by atoms with E-state index in [-0.39, 0.29) is 36.2 Å². The first-order chi connectivity index (χ1) is 12.7. The summed E-state index contributed by atoms with van der Waals surface area (Å²) in [5, 5.41) is 19.3. The fourth-order valence-corrected chi connectivity index (χ4v) is 3.83. The molecule has 1 N–H and O–H groups in total. The molecule has 2 aromatic carbocycles. The van der Waals surface area contributed by atoms with Gasteiger partial charge in [0.2, 0.25) is 5.91 Å². The lowest BCUT2D eigenvalue weighted by Gasteiger charge is -2.51. The van der Waals surface area contributed by atoms with Gasteiger partial charge in [-0.15, -0.1) is 0 Å². The Hall–Kier alpha value is -2.71. The third kappa shape index (κ3) is 2.67. The second-order valence-corrected chi connectivity index (χ2v) is 6.97. The molecule has 132 valence electrons. The summed E-state index contributed by atoms with van der Waals surface area (Å²) < 4.78 is 13.9. The quantitative estimate of drug-likeness (QED) is 0.922. The molecule has 3 atom stereocenters. The van der Waals surface area contributed by atoms with E-state index < -0.39 is 6.04 Å². The fraction of sp³-hybridized carbons (Fsp3) is 0.333. The van der Waals surface area contributed by atoms with E-state index in [9.17, 15) is 19.6 Å². The molecule has 0 unspecified atom stereocenters. The van der Waals surface area contributed by atoms with Gasteiger partial charge in [-0.25, -0.2) is 4.39 Å². The predicted octanol–water partition coefficient (Wildman–Crippen LogP) is 3.08. The molecule has 4 nitrogen and oxygen atoms in total. The SMILES string of the molecule is N#C[C@@H]1[C@H](c2ccc(-c3ccccc3F)cc2)[C@@H](CO)N1C(=O)C1CC1. The number of nitriles is 1. The maximum Gasteiger partial charge on any atom is 0.227 e. The van der Waals surface area contributed by atoms with Crippen LogP contribution in [-0.2, 0) is 4.79 Å². The zero-order chi connectivity index (χ0) is 18.3. The van der Waals surface area contributed by atoms with Crippen LogP contribution in [-0.4, -0.2) is 34.6 Å². The van der Waals surface area contributed by atoms with Crippen LogP contribution < -0.4 is 0 Å². The van der Waals surface area contributed by atoms with Crippen molar-refractivity contribution in [2.24, 2.45) is 5.92 Å². The molecule has 2 fully saturated rings. The van der Waals surface area contributed by atoms with Crippen molar-refractivity contribution in [3.05, 3.63) is 59.9 Å². The summed E-state index contributed by atoms with van der Waals surface area (Å²) in [4.78, 5) is 14.0. The Morgan fingerprint density at radius 1 is 1.19 bits per heavy atom. The average molecular weight is 350 g/mol. The predicted molar refractivity (Wildman–Crippen MR) is 94.4 cm³/mol. The van der Waals surface area contributed by atoms with Crippen molar-refractivity contribution >= 4 is 5.91 Å². The summed E-state index contributed by atoms with van der Waals surface area (Å²) >= 11 is 0. The third-order valence-electron chi connectivity index (χ3n) is 5.39. The first-order valence-electron chi connectivity index (χ1n) is 8.83. The molecule has 5 heteroatoms. The molecule has 0 radical (unpaired) electrons. The summed E-state index contributed by atoms with van der Waals surface area (Å²) in [5.74, 6) is -0.505. The van der Waals surface area contributed by atoms with Crippen LogP contribution in [0.2, 0.25) is 0 Å². The molecule has 1 amide bonds. The number of aliphatic hydroxyl groups is 1. The Morgan fingerprint density at radius 2 is 1.88 bits per heavy atom. The molecule has 1 heterocycles. The minimum absolute atomic E-state index is 0.0179. The van der Waals surface area contributed by atoms with Crippen LogP contribution in [0.5, 0.6) is 0 Å². The summed E-state index contributed by atoms with van der Waals surface area (Å²) in [6, 6.07) is 15.2. The first-order valence-corrected chi connectivity index (χ1v) is 8.83. The zero-order valence-corrected chi connectivity index (χ0v) is 14.2. The van der Waals surface area contributed by atoms with Crippen molar-refractivity contribution in [1.82, 2.24) is 4.90 Å². The molecule has 1 saturated carbocycles. The van der Waals surface area contributed by atoms with Crippen LogP contribution in [0.25, 0.3) is 11.1 Å². The molecule has 1 aliphatic heterocycles. The van der Waals surface area contributed by atoms with Gasteiger partial charge in [-0.3, -0.25) is 4.79 Å². The van der Waals surface area contributed by atoms with Crippen molar-refractivity contribution in [1.29, 1.82) is 5.26 Å². The Bertz CT molecular complexity index is 870. The second-order valence-electron chi connectivity index (χ2n) is 6.97. The number of halogens is 1. The van der Waals surface area contributed by atoms with E-state index in [0.717, 1.165) is 24.0 Å². The van der Waals surface area contributed by atoms with E-state index in [0.29, 0.717) is 5.56 Å². The molecule has 2 aliphatic rings. The van der Waals surface area contributed by atoms with Crippen molar-refractivity contribution in [3.8, 4) is 17.2 Å². The molecule has 0 bridgehead atoms. The molecular formula is C21H19FN2O2. The number of amides is 1. The van der Waals surface area contributed by atoms with Gasteiger partial charge in [0.1, 0.15) is 11.9 Å². The van der Waals surface area contributed by atoms with Crippen molar-refractivity contribution in [3.63, 3.8) is 0 Å². The molecular weight excluding hydrogens is 331 g/mol. The summed E-state index contributed by atoms with van der Waals surface area (Å²) in [6.07, 6.45) is 1.74. The molecule has 0 aromatic heterocycles. The summed E-state index contributed by atoms with van der Waals surface area (Å²) in [5.41, 5.74) is 2.16. The summed E-state index contributed by atoms with van der Waals surface area (Å²) in [6.45, 7) is -0.170. The number of carbonyl (C=O) groups excluding carboxylic acids is 1. The minimum Gasteiger partial charge on any atom is -0.394 e. The van der Waals surface area contributed by atoms with Crippen LogP contribution in [0.15, 0.2) is 48.5 Å². The molecule has 2 aromatic rings. The lowest BCUT2D eigenvalue weighted by Crippen LogP contribution is -2.65. The number of hydrogen-bond donors (Lipinski definition) is 1. The number of nitrogens with zero attached hydrogens (tertiary/aromatic N) is 2. The summed E-state index contributed by atoms with van der Waals surface area (Å²) in [7, 11) is 0. The van der Waals surface area contributed by atoms with E-state index in [1.54, 1.807) is 23.1 Å². The van der Waals surface area contributed by atoms with Gasteiger partial charge >= 0.3 is 0 Å². The highest BCUT2D eigenvalue weighted by molar-refractivity contribution is 5.83. The van der Waals surface area contributed by atoms with Gasteiger partial charge in [0.25, 0.3) is 0 Å². The van der Waals surface area contributed by atoms with Gasteiger partial charge in [0.05, 0.1) is 18.7 Å².